The van der Waals surface area contributed by atoms with E-state index in [0.717, 1.165) is 11.2 Å². The van der Waals surface area contributed by atoms with Crippen molar-refractivity contribution < 1.29 is 0 Å². The number of hydrogen-bond acceptors (Lipinski definition) is 3. The van der Waals surface area contributed by atoms with Gasteiger partial charge < -0.3 is 10.2 Å². The fourth-order valence-electron chi connectivity index (χ4n) is 4.30. The summed E-state index contributed by atoms with van der Waals surface area (Å²) in [6.07, 6.45) is 8.35. The molecule has 1 N–H and O–H groups in total. The van der Waals surface area contributed by atoms with Gasteiger partial charge >= 0.3 is 0 Å². The van der Waals surface area contributed by atoms with Crippen molar-refractivity contribution in [1.29, 1.82) is 0 Å². The van der Waals surface area contributed by atoms with E-state index in [4.69, 9.17) is 0 Å². The molecule has 124 valence electrons. The third-order valence-corrected chi connectivity index (χ3v) is 6.72. The van der Waals surface area contributed by atoms with Crippen molar-refractivity contribution in [3.63, 3.8) is 0 Å². The minimum atomic E-state index is 0.549. The SMILES string of the molecule is CCCNCC1(CN2CCSC(CC)C2)CCCC(C)C1. The van der Waals surface area contributed by atoms with Gasteiger partial charge in [0.1, 0.15) is 0 Å². The zero-order valence-electron chi connectivity index (χ0n) is 14.5. The van der Waals surface area contributed by atoms with Crippen molar-refractivity contribution in [3.05, 3.63) is 0 Å². The van der Waals surface area contributed by atoms with E-state index < -0.39 is 0 Å². The van der Waals surface area contributed by atoms with Gasteiger partial charge in [0, 0.05) is 37.2 Å². The molecule has 2 nitrogen and oxygen atoms in total. The van der Waals surface area contributed by atoms with Crippen molar-refractivity contribution in [1.82, 2.24) is 10.2 Å². The molecule has 3 atom stereocenters. The Morgan fingerprint density at radius 2 is 2.19 bits per heavy atom. The molecule has 3 heteroatoms. The number of rotatable bonds is 7. The lowest BCUT2D eigenvalue weighted by Crippen LogP contribution is -2.50. The largest absolute Gasteiger partial charge is 0.316 e. The zero-order chi connectivity index (χ0) is 15.1. The molecule has 2 rings (SSSR count). The third kappa shape index (κ3) is 5.44. The van der Waals surface area contributed by atoms with Gasteiger partial charge in [0.2, 0.25) is 0 Å². The van der Waals surface area contributed by atoms with E-state index in [9.17, 15) is 0 Å². The summed E-state index contributed by atoms with van der Waals surface area (Å²) in [6, 6.07) is 0. The van der Waals surface area contributed by atoms with Crippen LogP contribution in [0.2, 0.25) is 0 Å². The molecule has 1 saturated heterocycles. The molecule has 1 aliphatic carbocycles. The van der Waals surface area contributed by atoms with Crippen LogP contribution in [0.5, 0.6) is 0 Å². The van der Waals surface area contributed by atoms with Crippen molar-refractivity contribution >= 4 is 11.8 Å². The molecular formula is C18H36N2S. The van der Waals surface area contributed by atoms with Crippen LogP contribution >= 0.6 is 11.8 Å². The summed E-state index contributed by atoms with van der Waals surface area (Å²) in [5.74, 6) is 2.26. The van der Waals surface area contributed by atoms with Crippen LogP contribution < -0.4 is 5.32 Å². The summed E-state index contributed by atoms with van der Waals surface area (Å²) in [5.41, 5.74) is 0.549. The Kier molecular flexibility index (Phi) is 7.37. The maximum Gasteiger partial charge on any atom is 0.0172 e. The second-order valence-corrected chi connectivity index (χ2v) is 8.92. The van der Waals surface area contributed by atoms with Crippen LogP contribution in [0, 0.1) is 11.3 Å². The van der Waals surface area contributed by atoms with Crippen LogP contribution in [0.4, 0.5) is 0 Å². The highest BCUT2D eigenvalue weighted by Gasteiger charge is 2.37. The van der Waals surface area contributed by atoms with E-state index in [-0.39, 0.29) is 0 Å². The highest BCUT2D eigenvalue weighted by atomic mass is 32.2. The van der Waals surface area contributed by atoms with Gasteiger partial charge in [-0.25, -0.2) is 0 Å². The Morgan fingerprint density at radius 3 is 2.90 bits per heavy atom. The van der Waals surface area contributed by atoms with Crippen molar-refractivity contribution in [2.45, 2.75) is 64.5 Å². The first kappa shape index (κ1) is 17.6. The topological polar surface area (TPSA) is 15.3 Å². The first-order valence-corrected chi connectivity index (χ1v) is 10.3. The molecule has 1 heterocycles. The van der Waals surface area contributed by atoms with Crippen LogP contribution in [0.25, 0.3) is 0 Å². The average Bonchev–Trinajstić information content (AvgIpc) is 2.47. The van der Waals surface area contributed by atoms with Gasteiger partial charge in [-0.2, -0.15) is 11.8 Å². The molecular weight excluding hydrogens is 276 g/mol. The smallest absolute Gasteiger partial charge is 0.0172 e. The highest BCUT2D eigenvalue weighted by Crippen LogP contribution is 2.40. The maximum atomic E-state index is 3.75. The second kappa shape index (κ2) is 8.79. The summed E-state index contributed by atoms with van der Waals surface area (Å²) in [5, 5.41) is 4.62. The number of nitrogens with zero attached hydrogens (tertiary/aromatic N) is 1. The minimum Gasteiger partial charge on any atom is -0.316 e. The van der Waals surface area contributed by atoms with Gasteiger partial charge in [-0.1, -0.05) is 33.6 Å². The first-order valence-electron chi connectivity index (χ1n) is 9.22. The van der Waals surface area contributed by atoms with Crippen LogP contribution in [0.1, 0.15) is 59.3 Å². The Labute approximate surface area is 136 Å². The summed E-state index contributed by atoms with van der Waals surface area (Å²) in [4.78, 5) is 2.79. The van der Waals surface area contributed by atoms with Crippen LogP contribution in [0.3, 0.4) is 0 Å². The van der Waals surface area contributed by atoms with Gasteiger partial charge in [-0.3, -0.25) is 0 Å². The molecule has 1 saturated carbocycles. The normalized spacial score (nSPS) is 35.0. The molecule has 0 amide bonds. The van der Waals surface area contributed by atoms with Crippen molar-refractivity contribution in [3.8, 4) is 0 Å². The van der Waals surface area contributed by atoms with E-state index in [2.05, 4.69) is 42.7 Å². The van der Waals surface area contributed by atoms with Gasteiger partial charge in [0.05, 0.1) is 0 Å². The molecule has 0 aromatic heterocycles. The molecule has 0 radical (unpaired) electrons. The predicted molar refractivity (Wildman–Crippen MR) is 96.2 cm³/mol. The Balaban J connectivity index is 1.94. The first-order chi connectivity index (χ1) is 10.2. The van der Waals surface area contributed by atoms with Crippen molar-refractivity contribution in [2.24, 2.45) is 11.3 Å². The summed E-state index contributed by atoms with van der Waals surface area (Å²) < 4.78 is 0. The summed E-state index contributed by atoms with van der Waals surface area (Å²) >= 11 is 2.19. The second-order valence-electron chi connectivity index (χ2n) is 7.51. The zero-order valence-corrected chi connectivity index (χ0v) is 15.3. The van der Waals surface area contributed by atoms with E-state index in [1.807, 2.05) is 0 Å². The van der Waals surface area contributed by atoms with Gasteiger partial charge in [-0.15, -0.1) is 0 Å². The molecule has 0 bridgehead atoms. The summed E-state index contributed by atoms with van der Waals surface area (Å²) in [6.45, 7) is 13.5. The van der Waals surface area contributed by atoms with Crippen LogP contribution in [-0.2, 0) is 0 Å². The maximum absolute atomic E-state index is 3.75. The van der Waals surface area contributed by atoms with E-state index in [1.165, 1.54) is 77.0 Å². The van der Waals surface area contributed by atoms with Crippen LogP contribution in [-0.4, -0.2) is 48.6 Å². The molecule has 2 fully saturated rings. The molecule has 2 aliphatic rings. The molecule has 0 spiro atoms. The Morgan fingerprint density at radius 1 is 1.33 bits per heavy atom. The van der Waals surface area contributed by atoms with E-state index >= 15 is 0 Å². The fraction of sp³-hybridized carbons (Fsp3) is 1.00. The molecule has 3 unspecified atom stereocenters. The molecule has 21 heavy (non-hydrogen) atoms. The molecule has 0 aromatic rings. The number of thioether (sulfide) groups is 1. The van der Waals surface area contributed by atoms with E-state index in [1.54, 1.807) is 0 Å². The number of nitrogens with one attached hydrogen (secondary N) is 1. The predicted octanol–water partition coefficient (Wildman–Crippen LogP) is 4.01. The van der Waals surface area contributed by atoms with Crippen LogP contribution in [0.15, 0.2) is 0 Å². The lowest BCUT2D eigenvalue weighted by Gasteiger charge is -2.45. The van der Waals surface area contributed by atoms with Gasteiger partial charge in [-0.05, 0) is 43.6 Å². The molecule has 0 aromatic carbocycles. The van der Waals surface area contributed by atoms with Crippen molar-refractivity contribution in [2.75, 3.05) is 38.5 Å². The minimum absolute atomic E-state index is 0.549. The quantitative estimate of drug-likeness (QED) is 0.715. The van der Waals surface area contributed by atoms with E-state index in [0.29, 0.717) is 5.41 Å². The van der Waals surface area contributed by atoms with Gasteiger partial charge in [0.25, 0.3) is 0 Å². The third-order valence-electron chi connectivity index (χ3n) is 5.35. The lowest BCUT2D eigenvalue weighted by molar-refractivity contribution is 0.0814. The summed E-state index contributed by atoms with van der Waals surface area (Å²) in [7, 11) is 0. The lowest BCUT2D eigenvalue weighted by atomic mass is 9.69. The number of hydrogen-bond donors (Lipinski definition) is 1. The fourth-order valence-corrected chi connectivity index (χ4v) is 5.55. The van der Waals surface area contributed by atoms with Gasteiger partial charge in [0.15, 0.2) is 0 Å². The Hall–Kier alpha value is 0.270. The standard InChI is InChI=1S/C18H36N2S/c1-4-9-19-14-18(8-6-7-16(3)12-18)15-20-10-11-21-17(5-2)13-20/h16-17,19H,4-15H2,1-3H3. The Bertz CT molecular complexity index is 297. The highest BCUT2D eigenvalue weighted by molar-refractivity contribution is 8.00. The molecule has 1 aliphatic heterocycles. The average molecular weight is 313 g/mol. The monoisotopic (exact) mass is 312 g/mol.